The summed E-state index contributed by atoms with van der Waals surface area (Å²) in [5.74, 6) is -0.444. The van der Waals surface area contributed by atoms with Gasteiger partial charge in [-0.1, -0.05) is 55.1 Å². The van der Waals surface area contributed by atoms with Crippen LogP contribution in [0.4, 0.5) is 4.39 Å². The Bertz CT molecular complexity index is 1900. The first kappa shape index (κ1) is 26.0. The third-order valence-electron chi connectivity index (χ3n) is 7.01. The second-order valence-electron chi connectivity index (χ2n) is 9.61. The topological polar surface area (TPSA) is 95.2 Å². The zero-order valence-corrected chi connectivity index (χ0v) is 22.5. The lowest BCUT2D eigenvalue weighted by Crippen LogP contribution is -2.16. The average Bonchev–Trinajstić information content (AvgIpc) is 3.65. The average molecular weight is 542 g/mol. The van der Waals surface area contributed by atoms with Crippen LogP contribution in [0.3, 0.4) is 0 Å². The maximum atomic E-state index is 16.2. The van der Waals surface area contributed by atoms with Crippen molar-refractivity contribution in [2.75, 3.05) is 6.54 Å². The highest BCUT2D eigenvalue weighted by Crippen LogP contribution is 2.35. The van der Waals surface area contributed by atoms with Gasteiger partial charge in [0.1, 0.15) is 11.4 Å². The lowest BCUT2D eigenvalue weighted by atomic mass is 10.0. The van der Waals surface area contributed by atoms with E-state index in [-0.39, 0.29) is 5.69 Å². The molecule has 0 saturated heterocycles. The molecule has 0 bridgehead atoms. The van der Waals surface area contributed by atoms with E-state index >= 15 is 4.39 Å². The van der Waals surface area contributed by atoms with Gasteiger partial charge < -0.3 is 10.3 Å². The lowest BCUT2D eigenvalue weighted by molar-refractivity contribution is 0.630. The molecule has 0 fully saturated rings. The lowest BCUT2D eigenvalue weighted by Gasteiger charge is -2.09. The summed E-state index contributed by atoms with van der Waals surface area (Å²) in [6.45, 7) is 7.13. The van der Waals surface area contributed by atoms with Crippen LogP contribution in [0.25, 0.3) is 49.9 Å². The molecule has 0 aliphatic carbocycles. The Hall–Kier alpha value is -5.21. The summed E-state index contributed by atoms with van der Waals surface area (Å²) in [6.07, 6.45) is 14.3. The van der Waals surface area contributed by atoms with Crippen molar-refractivity contribution in [2.45, 2.75) is 13.5 Å². The second-order valence-corrected chi connectivity index (χ2v) is 9.61. The first-order valence-corrected chi connectivity index (χ1v) is 13.3. The molecule has 0 unspecified atom stereocenters. The van der Waals surface area contributed by atoms with Crippen molar-refractivity contribution in [3.05, 3.63) is 127 Å². The van der Waals surface area contributed by atoms with E-state index in [0.29, 0.717) is 34.4 Å². The Kier molecular flexibility index (Phi) is 7.30. The smallest absolute Gasteiger partial charge is 0.161 e. The Morgan fingerprint density at radius 1 is 1.02 bits per heavy atom. The summed E-state index contributed by atoms with van der Waals surface area (Å²) in [6, 6.07) is 16.0. The van der Waals surface area contributed by atoms with Gasteiger partial charge in [0.15, 0.2) is 5.82 Å². The number of benzene rings is 1. The van der Waals surface area contributed by atoms with Gasteiger partial charge in [-0.25, -0.2) is 4.39 Å². The van der Waals surface area contributed by atoms with Gasteiger partial charge in [0.25, 0.3) is 0 Å². The predicted molar refractivity (Wildman–Crippen MR) is 162 cm³/mol. The van der Waals surface area contributed by atoms with Gasteiger partial charge in [-0.2, -0.15) is 5.10 Å². The molecule has 6 rings (SSSR count). The van der Waals surface area contributed by atoms with E-state index in [1.165, 1.54) is 5.56 Å². The van der Waals surface area contributed by atoms with E-state index in [0.717, 1.165) is 34.1 Å². The summed E-state index contributed by atoms with van der Waals surface area (Å²) >= 11 is 0. The number of nitrogens with zero attached hydrogens (tertiary/aromatic N) is 4. The van der Waals surface area contributed by atoms with Crippen LogP contribution in [0.1, 0.15) is 18.2 Å². The fourth-order valence-electron chi connectivity index (χ4n) is 4.92. The largest absolute Gasteiger partial charge is 0.352 e. The molecule has 202 valence electrons. The van der Waals surface area contributed by atoms with Crippen LogP contribution in [0.15, 0.2) is 110 Å². The van der Waals surface area contributed by atoms with Gasteiger partial charge in [0.05, 0.1) is 34.5 Å². The van der Waals surface area contributed by atoms with Crippen LogP contribution in [0.2, 0.25) is 0 Å². The molecule has 0 radical (unpaired) electrons. The van der Waals surface area contributed by atoms with Crippen LogP contribution in [0.5, 0.6) is 0 Å². The first-order chi connectivity index (χ1) is 20.2. The molecule has 5 aromatic heterocycles. The minimum absolute atomic E-state index is 0.249. The molecular weight excluding hydrogens is 513 g/mol. The minimum atomic E-state index is -0.444. The number of nitrogens with one attached hydrogen (secondary N) is 3. The fourth-order valence-corrected chi connectivity index (χ4v) is 4.92. The van der Waals surface area contributed by atoms with E-state index in [4.69, 9.17) is 0 Å². The summed E-state index contributed by atoms with van der Waals surface area (Å²) in [7, 11) is 0. The molecule has 3 N–H and O–H groups in total. The highest BCUT2D eigenvalue weighted by Gasteiger charge is 2.20. The molecule has 41 heavy (non-hydrogen) atoms. The number of aromatic amines is 2. The Morgan fingerprint density at radius 2 is 1.90 bits per heavy atom. The zero-order valence-electron chi connectivity index (χ0n) is 22.5. The molecule has 0 aliphatic heterocycles. The number of aromatic nitrogens is 6. The van der Waals surface area contributed by atoms with E-state index in [1.54, 1.807) is 37.1 Å². The molecule has 6 aromatic rings. The summed E-state index contributed by atoms with van der Waals surface area (Å²) in [5.41, 5.74) is 7.38. The van der Waals surface area contributed by atoms with Crippen molar-refractivity contribution < 1.29 is 4.39 Å². The summed E-state index contributed by atoms with van der Waals surface area (Å²) in [4.78, 5) is 16.4. The predicted octanol–water partition coefficient (Wildman–Crippen LogP) is 7.01. The summed E-state index contributed by atoms with van der Waals surface area (Å²) in [5, 5.41) is 12.1. The molecule has 1 aromatic carbocycles. The molecule has 0 atom stereocenters. The first-order valence-electron chi connectivity index (χ1n) is 13.3. The van der Waals surface area contributed by atoms with Crippen LogP contribution in [-0.2, 0) is 6.54 Å². The maximum absolute atomic E-state index is 16.2. The van der Waals surface area contributed by atoms with Crippen molar-refractivity contribution >= 4 is 27.4 Å². The Morgan fingerprint density at radius 3 is 2.68 bits per heavy atom. The molecule has 7 nitrogen and oxygen atoms in total. The van der Waals surface area contributed by atoms with Gasteiger partial charge in [-0.05, 0) is 41.8 Å². The molecule has 0 aliphatic rings. The number of pyridine rings is 3. The molecule has 0 saturated carbocycles. The van der Waals surface area contributed by atoms with Crippen LogP contribution in [0, 0.1) is 5.82 Å². The number of halogens is 1. The monoisotopic (exact) mass is 541 g/mol. The number of rotatable bonds is 9. The van der Waals surface area contributed by atoms with Crippen molar-refractivity contribution in [3.63, 3.8) is 0 Å². The molecule has 0 amide bonds. The summed E-state index contributed by atoms with van der Waals surface area (Å²) < 4.78 is 16.2. The fraction of sp³-hybridized carbons (Fsp3) is 0.0909. The highest BCUT2D eigenvalue weighted by atomic mass is 19.1. The van der Waals surface area contributed by atoms with E-state index in [1.807, 2.05) is 55.5 Å². The van der Waals surface area contributed by atoms with Gasteiger partial charge in [-0.3, -0.25) is 20.1 Å². The third kappa shape index (κ3) is 5.20. The van der Waals surface area contributed by atoms with Crippen molar-refractivity contribution in [2.24, 2.45) is 0 Å². The number of hydrogen-bond donors (Lipinski definition) is 3. The van der Waals surface area contributed by atoms with Gasteiger partial charge >= 0.3 is 0 Å². The minimum Gasteiger partial charge on any atom is -0.352 e. The quantitative estimate of drug-likeness (QED) is 0.171. The van der Waals surface area contributed by atoms with E-state index < -0.39 is 5.82 Å². The van der Waals surface area contributed by atoms with Crippen molar-refractivity contribution in [1.29, 1.82) is 0 Å². The third-order valence-corrected chi connectivity index (χ3v) is 7.01. The number of hydrogen-bond acceptors (Lipinski definition) is 5. The van der Waals surface area contributed by atoms with Crippen LogP contribution < -0.4 is 5.32 Å². The zero-order chi connectivity index (χ0) is 28.2. The molecule has 8 heteroatoms. The standard InChI is InChI=1S/C33H28FN7/c1-3-21(15-36-16-22-9-6-5-7-10-22)13-23(4-2)32-31(34)30-29(20-38-32)40-41-33(30)27-14-25-26(18-37-19-28(25)39-27)24-11-8-12-35-17-24/h3-14,17-20,36,39H,1,15-16H2,2H3,(H,40,41)/b21-13+,23-4+. The van der Waals surface area contributed by atoms with Gasteiger partial charge in [-0.15, -0.1) is 0 Å². The normalized spacial score (nSPS) is 12.3. The molecule has 0 spiro atoms. The SMILES string of the molecule is C=C/C(=C\C(=C/C)c1ncc2[nH]nc(-c3cc4c(-c5cccnc5)cncc4[nH]3)c2c1F)CNCc1ccccc1. The van der Waals surface area contributed by atoms with Crippen molar-refractivity contribution in [3.8, 4) is 22.5 Å². The van der Waals surface area contributed by atoms with E-state index in [9.17, 15) is 0 Å². The molecular formula is C33H28FN7. The number of fused-ring (bicyclic) bond motifs is 2. The Labute approximate surface area is 236 Å². The van der Waals surface area contributed by atoms with E-state index in [2.05, 4.69) is 54.2 Å². The Balaban J connectivity index is 1.34. The highest BCUT2D eigenvalue weighted by molar-refractivity contribution is 6.01. The van der Waals surface area contributed by atoms with Crippen LogP contribution in [-0.4, -0.2) is 36.7 Å². The molecule has 5 heterocycles. The van der Waals surface area contributed by atoms with Crippen molar-refractivity contribution in [1.82, 2.24) is 35.5 Å². The number of H-pyrrole nitrogens is 2. The second kappa shape index (κ2) is 11.5. The van der Waals surface area contributed by atoms with Gasteiger partial charge in [0.2, 0.25) is 0 Å². The van der Waals surface area contributed by atoms with Gasteiger partial charge in [0, 0.05) is 48.2 Å². The van der Waals surface area contributed by atoms with Crippen LogP contribution >= 0.6 is 0 Å². The number of allylic oxidation sites excluding steroid dienone is 3. The maximum Gasteiger partial charge on any atom is 0.161 e.